The lowest BCUT2D eigenvalue weighted by molar-refractivity contribution is 0.550. The van der Waals surface area contributed by atoms with E-state index in [0.29, 0.717) is 5.92 Å². The van der Waals surface area contributed by atoms with Crippen molar-refractivity contribution >= 4 is 11.8 Å². The molecule has 0 aliphatic rings. The van der Waals surface area contributed by atoms with E-state index in [-0.39, 0.29) is 0 Å². The van der Waals surface area contributed by atoms with Crippen molar-refractivity contribution in [2.45, 2.75) is 44.0 Å². The van der Waals surface area contributed by atoms with Crippen LogP contribution in [0.25, 0.3) is 0 Å². The van der Waals surface area contributed by atoms with Gasteiger partial charge in [0.1, 0.15) is 0 Å². The van der Waals surface area contributed by atoms with Crippen LogP contribution in [0.1, 0.15) is 30.5 Å². The Balaban J connectivity index is 2.10. The van der Waals surface area contributed by atoms with Crippen molar-refractivity contribution in [2.24, 2.45) is 5.92 Å². The third-order valence-electron chi connectivity index (χ3n) is 3.55. The van der Waals surface area contributed by atoms with Crippen LogP contribution in [-0.4, -0.2) is 6.54 Å². The molecule has 2 rings (SSSR count). The van der Waals surface area contributed by atoms with Gasteiger partial charge in [0.05, 0.1) is 0 Å². The van der Waals surface area contributed by atoms with Gasteiger partial charge in [-0.15, -0.1) is 0 Å². The van der Waals surface area contributed by atoms with Gasteiger partial charge in [-0.3, -0.25) is 0 Å². The van der Waals surface area contributed by atoms with E-state index in [2.05, 4.69) is 75.5 Å². The minimum Gasteiger partial charge on any atom is -0.312 e. The van der Waals surface area contributed by atoms with Crippen molar-refractivity contribution in [1.29, 1.82) is 0 Å². The van der Waals surface area contributed by atoms with Crippen LogP contribution in [0.3, 0.4) is 0 Å². The molecule has 0 aliphatic heterocycles. The van der Waals surface area contributed by atoms with Crippen LogP contribution in [0.2, 0.25) is 0 Å². The predicted molar refractivity (Wildman–Crippen MR) is 93.0 cm³/mol. The normalized spacial score (nSPS) is 11.1. The molecule has 0 saturated carbocycles. The molecule has 2 aromatic carbocycles. The third kappa shape index (κ3) is 4.90. The summed E-state index contributed by atoms with van der Waals surface area (Å²) in [6.45, 7) is 10.8. The van der Waals surface area contributed by atoms with E-state index in [1.54, 1.807) is 0 Å². The maximum atomic E-state index is 3.53. The van der Waals surface area contributed by atoms with Gasteiger partial charge in [0, 0.05) is 16.3 Å². The van der Waals surface area contributed by atoms with E-state index in [9.17, 15) is 0 Å². The van der Waals surface area contributed by atoms with Gasteiger partial charge in [-0.1, -0.05) is 49.9 Å². The fourth-order valence-electron chi connectivity index (χ4n) is 2.15. The SMILES string of the molecule is Cc1ccc(Sc2ccccc2CNCC(C)C)cc1C. The highest BCUT2D eigenvalue weighted by atomic mass is 32.2. The Kier molecular flexibility index (Phi) is 5.89. The van der Waals surface area contributed by atoms with E-state index in [1.807, 2.05) is 11.8 Å². The maximum absolute atomic E-state index is 3.53. The molecule has 0 fully saturated rings. The highest BCUT2D eigenvalue weighted by Gasteiger charge is 2.05. The lowest BCUT2D eigenvalue weighted by Gasteiger charge is -2.12. The van der Waals surface area contributed by atoms with Crippen molar-refractivity contribution in [3.63, 3.8) is 0 Å². The van der Waals surface area contributed by atoms with E-state index in [1.165, 1.54) is 26.5 Å². The van der Waals surface area contributed by atoms with Crippen molar-refractivity contribution < 1.29 is 0 Å². The molecule has 2 aromatic rings. The van der Waals surface area contributed by atoms with E-state index >= 15 is 0 Å². The Bertz CT molecular complexity index is 590. The van der Waals surface area contributed by atoms with Crippen LogP contribution >= 0.6 is 11.8 Å². The second kappa shape index (κ2) is 7.67. The standard InChI is InChI=1S/C19H25NS/c1-14(2)12-20-13-17-7-5-6-8-19(17)21-18-10-9-15(3)16(4)11-18/h5-11,14,20H,12-13H2,1-4H3. The summed E-state index contributed by atoms with van der Waals surface area (Å²) in [5.74, 6) is 0.685. The molecular formula is C19H25NS. The Hall–Kier alpha value is -1.25. The molecule has 2 heteroatoms. The minimum atomic E-state index is 0.685. The van der Waals surface area contributed by atoms with Crippen molar-refractivity contribution in [1.82, 2.24) is 5.32 Å². The number of aryl methyl sites for hydroxylation is 2. The summed E-state index contributed by atoms with van der Waals surface area (Å²) in [5.41, 5.74) is 4.09. The molecule has 112 valence electrons. The van der Waals surface area contributed by atoms with Gasteiger partial charge in [0.15, 0.2) is 0 Å². The van der Waals surface area contributed by atoms with E-state index in [4.69, 9.17) is 0 Å². The van der Waals surface area contributed by atoms with Crippen LogP contribution < -0.4 is 5.32 Å². The average Bonchev–Trinajstić information content (AvgIpc) is 2.44. The second-order valence-electron chi connectivity index (χ2n) is 5.98. The first-order valence-electron chi connectivity index (χ1n) is 7.60. The van der Waals surface area contributed by atoms with Gasteiger partial charge in [0.25, 0.3) is 0 Å². The van der Waals surface area contributed by atoms with Crippen LogP contribution in [0.5, 0.6) is 0 Å². The molecule has 21 heavy (non-hydrogen) atoms. The molecule has 0 aliphatic carbocycles. The lowest BCUT2D eigenvalue weighted by Crippen LogP contribution is -2.19. The minimum absolute atomic E-state index is 0.685. The molecule has 1 N–H and O–H groups in total. The topological polar surface area (TPSA) is 12.0 Å². The van der Waals surface area contributed by atoms with Gasteiger partial charge in [-0.25, -0.2) is 0 Å². The predicted octanol–water partition coefficient (Wildman–Crippen LogP) is 5.20. The number of rotatable bonds is 6. The summed E-state index contributed by atoms with van der Waals surface area (Å²) in [6.07, 6.45) is 0. The Morgan fingerprint density at radius 2 is 1.76 bits per heavy atom. The zero-order valence-corrected chi connectivity index (χ0v) is 14.3. The zero-order valence-electron chi connectivity index (χ0n) is 13.4. The second-order valence-corrected chi connectivity index (χ2v) is 7.10. The molecule has 0 amide bonds. The summed E-state index contributed by atoms with van der Waals surface area (Å²) in [5, 5.41) is 3.53. The average molecular weight is 299 g/mol. The van der Waals surface area contributed by atoms with Crippen LogP contribution in [0.4, 0.5) is 0 Å². The smallest absolute Gasteiger partial charge is 0.0216 e. The first-order valence-corrected chi connectivity index (χ1v) is 8.41. The summed E-state index contributed by atoms with van der Waals surface area (Å²) in [6, 6.07) is 15.4. The van der Waals surface area contributed by atoms with Gasteiger partial charge in [-0.05, 0) is 61.2 Å². The molecule has 0 aromatic heterocycles. The van der Waals surface area contributed by atoms with Gasteiger partial charge in [0.2, 0.25) is 0 Å². The Morgan fingerprint density at radius 1 is 1.00 bits per heavy atom. The maximum Gasteiger partial charge on any atom is 0.0216 e. The van der Waals surface area contributed by atoms with E-state index < -0.39 is 0 Å². The number of benzene rings is 2. The van der Waals surface area contributed by atoms with E-state index in [0.717, 1.165) is 13.1 Å². The fraction of sp³-hybridized carbons (Fsp3) is 0.368. The number of hydrogen-bond acceptors (Lipinski definition) is 2. The molecule has 0 spiro atoms. The summed E-state index contributed by atoms with van der Waals surface area (Å²) in [7, 11) is 0. The van der Waals surface area contributed by atoms with Crippen molar-refractivity contribution in [3.8, 4) is 0 Å². The molecule has 0 heterocycles. The highest BCUT2D eigenvalue weighted by molar-refractivity contribution is 7.99. The van der Waals surface area contributed by atoms with Gasteiger partial charge < -0.3 is 5.32 Å². The molecule has 0 bridgehead atoms. The summed E-state index contributed by atoms with van der Waals surface area (Å²) in [4.78, 5) is 2.66. The number of hydrogen-bond donors (Lipinski definition) is 1. The molecule has 0 atom stereocenters. The highest BCUT2D eigenvalue weighted by Crippen LogP contribution is 2.31. The largest absolute Gasteiger partial charge is 0.312 e. The lowest BCUT2D eigenvalue weighted by atomic mass is 10.1. The summed E-state index contributed by atoms with van der Waals surface area (Å²) < 4.78 is 0. The number of nitrogens with one attached hydrogen (secondary N) is 1. The van der Waals surface area contributed by atoms with Crippen molar-refractivity contribution in [3.05, 3.63) is 59.2 Å². The monoisotopic (exact) mass is 299 g/mol. The zero-order chi connectivity index (χ0) is 15.2. The van der Waals surface area contributed by atoms with Crippen LogP contribution in [-0.2, 0) is 6.54 Å². The van der Waals surface area contributed by atoms with Gasteiger partial charge >= 0.3 is 0 Å². The molecule has 1 nitrogen and oxygen atoms in total. The molecule has 0 radical (unpaired) electrons. The third-order valence-corrected chi connectivity index (χ3v) is 4.65. The van der Waals surface area contributed by atoms with Gasteiger partial charge in [-0.2, -0.15) is 0 Å². The fourth-order valence-corrected chi connectivity index (χ4v) is 3.19. The Morgan fingerprint density at radius 3 is 2.48 bits per heavy atom. The molecular weight excluding hydrogens is 274 g/mol. The first kappa shape index (κ1) is 16.1. The Labute approximate surface area is 133 Å². The quantitative estimate of drug-likeness (QED) is 0.786. The van der Waals surface area contributed by atoms with Crippen LogP contribution in [0.15, 0.2) is 52.3 Å². The first-order chi connectivity index (χ1) is 10.1. The van der Waals surface area contributed by atoms with Crippen molar-refractivity contribution in [2.75, 3.05) is 6.54 Å². The molecule has 0 saturated heterocycles. The molecule has 0 unspecified atom stereocenters. The van der Waals surface area contributed by atoms with Crippen LogP contribution in [0, 0.1) is 19.8 Å². The summed E-state index contributed by atoms with van der Waals surface area (Å²) >= 11 is 1.86.